The van der Waals surface area contributed by atoms with Crippen LogP contribution in [0.2, 0.25) is 0 Å². The summed E-state index contributed by atoms with van der Waals surface area (Å²) in [6.45, 7) is 6.88. The van der Waals surface area contributed by atoms with E-state index in [9.17, 15) is 4.79 Å². The van der Waals surface area contributed by atoms with Gasteiger partial charge in [0, 0.05) is 32.0 Å². The molecule has 2 atom stereocenters. The first-order chi connectivity index (χ1) is 9.40. The number of nitrogens with zero attached hydrogens (tertiary/aromatic N) is 2. The molecule has 0 saturated carbocycles. The van der Waals surface area contributed by atoms with E-state index in [0.717, 1.165) is 12.2 Å². The van der Waals surface area contributed by atoms with Crippen molar-refractivity contribution in [1.82, 2.24) is 14.9 Å². The zero-order valence-corrected chi connectivity index (χ0v) is 12.5. The number of imidazole rings is 1. The number of likely N-dealkylation sites (tertiary alicyclic amines) is 1. The van der Waals surface area contributed by atoms with Gasteiger partial charge < -0.3 is 14.5 Å². The first-order valence-corrected chi connectivity index (χ1v) is 6.88. The molecule has 1 aliphatic heterocycles. The van der Waals surface area contributed by atoms with E-state index in [1.807, 2.05) is 20.8 Å². The van der Waals surface area contributed by atoms with Gasteiger partial charge in [0.25, 0.3) is 0 Å². The molecule has 1 amide bonds. The van der Waals surface area contributed by atoms with Gasteiger partial charge in [0.1, 0.15) is 11.4 Å². The maximum atomic E-state index is 12.3. The van der Waals surface area contributed by atoms with E-state index in [4.69, 9.17) is 9.47 Å². The third-order valence-electron chi connectivity index (χ3n) is 3.25. The highest BCUT2D eigenvalue weighted by atomic mass is 16.6. The number of ether oxygens (including phenoxy) is 2. The number of rotatable bonds is 3. The maximum Gasteiger partial charge on any atom is 0.410 e. The molecule has 0 unspecified atom stereocenters. The van der Waals surface area contributed by atoms with Gasteiger partial charge in [-0.2, -0.15) is 0 Å². The van der Waals surface area contributed by atoms with Crippen LogP contribution < -0.4 is 0 Å². The molecular weight excluding hydrogens is 258 g/mol. The number of aromatic amines is 1. The van der Waals surface area contributed by atoms with Gasteiger partial charge in [-0.1, -0.05) is 0 Å². The third-order valence-corrected chi connectivity index (χ3v) is 3.25. The van der Waals surface area contributed by atoms with Gasteiger partial charge in [-0.25, -0.2) is 9.78 Å². The second-order valence-corrected chi connectivity index (χ2v) is 6.18. The Morgan fingerprint density at radius 1 is 1.55 bits per heavy atom. The lowest BCUT2D eigenvalue weighted by Gasteiger charge is -2.27. The molecule has 0 bridgehead atoms. The zero-order chi connectivity index (χ0) is 14.8. The molecule has 0 aliphatic carbocycles. The van der Waals surface area contributed by atoms with Crippen LogP contribution in [0.1, 0.15) is 39.1 Å². The van der Waals surface area contributed by atoms with Gasteiger partial charge in [-0.3, -0.25) is 4.90 Å². The molecule has 1 saturated heterocycles. The van der Waals surface area contributed by atoms with Gasteiger partial charge in [0.15, 0.2) is 0 Å². The van der Waals surface area contributed by atoms with Crippen molar-refractivity contribution in [2.45, 2.75) is 38.8 Å². The quantitative estimate of drug-likeness (QED) is 0.923. The molecule has 2 rings (SSSR count). The summed E-state index contributed by atoms with van der Waals surface area (Å²) in [4.78, 5) is 21.4. The fourth-order valence-corrected chi connectivity index (χ4v) is 2.52. The van der Waals surface area contributed by atoms with Crippen molar-refractivity contribution in [2.24, 2.45) is 5.92 Å². The predicted octanol–water partition coefficient (Wildman–Crippen LogP) is 2.35. The highest BCUT2D eigenvalue weighted by Gasteiger charge is 2.39. The van der Waals surface area contributed by atoms with Crippen LogP contribution in [0.25, 0.3) is 0 Å². The summed E-state index contributed by atoms with van der Waals surface area (Å²) >= 11 is 0. The summed E-state index contributed by atoms with van der Waals surface area (Å²) in [5.41, 5.74) is -0.496. The summed E-state index contributed by atoms with van der Waals surface area (Å²) in [6, 6.07) is -0.0694. The fraction of sp³-hybridized carbons (Fsp3) is 0.714. The summed E-state index contributed by atoms with van der Waals surface area (Å²) in [5.74, 6) is 1.11. The first-order valence-electron chi connectivity index (χ1n) is 6.88. The first kappa shape index (κ1) is 14.8. The molecule has 20 heavy (non-hydrogen) atoms. The lowest BCUT2D eigenvalue weighted by molar-refractivity contribution is 0.0208. The zero-order valence-electron chi connectivity index (χ0n) is 12.5. The van der Waals surface area contributed by atoms with E-state index >= 15 is 0 Å². The Labute approximate surface area is 119 Å². The predicted molar refractivity (Wildman–Crippen MR) is 74.3 cm³/mol. The van der Waals surface area contributed by atoms with Crippen molar-refractivity contribution in [3.05, 3.63) is 18.2 Å². The van der Waals surface area contributed by atoms with Crippen LogP contribution in [-0.4, -0.2) is 46.8 Å². The highest BCUT2D eigenvalue weighted by molar-refractivity contribution is 5.69. The van der Waals surface area contributed by atoms with Crippen molar-refractivity contribution in [3.8, 4) is 0 Å². The Hall–Kier alpha value is -1.56. The SMILES string of the molecule is COC[C@H]1C[C@@H](c2ncc[nH]2)N(C(=O)OC(C)(C)C)C1. The number of hydrogen-bond donors (Lipinski definition) is 1. The molecule has 6 heteroatoms. The Kier molecular flexibility index (Phi) is 4.32. The fourth-order valence-electron chi connectivity index (χ4n) is 2.52. The van der Waals surface area contributed by atoms with E-state index in [1.54, 1.807) is 24.4 Å². The second kappa shape index (κ2) is 5.83. The van der Waals surface area contributed by atoms with Crippen molar-refractivity contribution < 1.29 is 14.3 Å². The Morgan fingerprint density at radius 3 is 2.85 bits per heavy atom. The molecule has 0 aromatic carbocycles. The summed E-state index contributed by atoms with van der Waals surface area (Å²) < 4.78 is 10.7. The van der Waals surface area contributed by atoms with Gasteiger partial charge in [-0.15, -0.1) is 0 Å². The molecule has 1 fully saturated rings. The molecule has 112 valence electrons. The van der Waals surface area contributed by atoms with E-state index < -0.39 is 5.60 Å². The third kappa shape index (κ3) is 3.50. The largest absolute Gasteiger partial charge is 0.444 e. The van der Waals surface area contributed by atoms with E-state index in [2.05, 4.69) is 9.97 Å². The maximum absolute atomic E-state index is 12.3. The number of carbonyl (C=O) groups is 1. The number of methoxy groups -OCH3 is 1. The van der Waals surface area contributed by atoms with Crippen LogP contribution in [0.15, 0.2) is 12.4 Å². The Bertz CT molecular complexity index is 439. The average molecular weight is 281 g/mol. The summed E-state index contributed by atoms with van der Waals surface area (Å²) in [7, 11) is 1.68. The molecule has 1 aromatic heterocycles. The second-order valence-electron chi connectivity index (χ2n) is 6.18. The van der Waals surface area contributed by atoms with E-state index in [-0.39, 0.29) is 12.1 Å². The van der Waals surface area contributed by atoms with E-state index in [0.29, 0.717) is 19.1 Å². The summed E-state index contributed by atoms with van der Waals surface area (Å²) in [6.07, 6.45) is 4.01. The smallest absolute Gasteiger partial charge is 0.410 e. The van der Waals surface area contributed by atoms with Crippen LogP contribution in [0, 0.1) is 5.92 Å². The highest BCUT2D eigenvalue weighted by Crippen LogP contribution is 2.35. The molecule has 0 radical (unpaired) electrons. The Balaban J connectivity index is 2.13. The normalized spacial score (nSPS) is 23.1. The minimum absolute atomic E-state index is 0.0694. The van der Waals surface area contributed by atoms with Crippen LogP contribution >= 0.6 is 0 Å². The van der Waals surface area contributed by atoms with Crippen LogP contribution in [0.3, 0.4) is 0 Å². The van der Waals surface area contributed by atoms with Gasteiger partial charge in [0.05, 0.1) is 12.6 Å². The number of H-pyrrole nitrogens is 1. The van der Waals surface area contributed by atoms with Crippen molar-refractivity contribution in [2.75, 3.05) is 20.3 Å². The average Bonchev–Trinajstić information content (AvgIpc) is 2.93. The monoisotopic (exact) mass is 281 g/mol. The minimum atomic E-state index is -0.496. The molecular formula is C14H23N3O3. The van der Waals surface area contributed by atoms with Crippen molar-refractivity contribution >= 4 is 6.09 Å². The van der Waals surface area contributed by atoms with Crippen LogP contribution in [-0.2, 0) is 9.47 Å². The number of amides is 1. The number of aromatic nitrogens is 2. The molecule has 2 heterocycles. The van der Waals surface area contributed by atoms with Crippen molar-refractivity contribution in [3.63, 3.8) is 0 Å². The lowest BCUT2D eigenvalue weighted by atomic mass is 10.1. The summed E-state index contributed by atoms with van der Waals surface area (Å²) in [5, 5.41) is 0. The topological polar surface area (TPSA) is 67.5 Å². The van der Waals surface area contributed by atoms with Crippen LogP contribution in [0.5, 0.6) is 0 Å². The molecule has 1 aromatic rings. The molecule has 6 nitrogen and oxygen atoms in total. The molecule has 0 spiro atoms. The van der Waals surface area contributed by atoms with Gasteiger partial charge >= 0.3 is 6.09 Å². The number of carbonyl (C=O) groups excluding carboxylic acids is 1. The molecule has 1 N–H and O–H groups in total. The van der Waals surface area contributed by atoms with Crippen LogP contribution in [0.4, 0.5) is 4.79 Å². The molecule has 1 aliphatic rings. The van der Waals surface area contributed by atoms with E-state index in [1.165, 1.54) is 0 Å². The van der Waals surface area contributed by atoms with Gasteiger partial charge in [-0.05, 0) is 27.2 Å². The lowest BCUT2D eigenvalue weighted by Crippen LogP contribution is -2.37. The number of hydrogen-bond acceptors (Lipinski definition) is 4. The minimum Gasteiger partial charge on any atom is -0.444 e. The number of nitrogens with one attached hydrogen (secondary N) is 1. The Morgan fingerprint density at radius 2 is 2.30 bits per heavy atom. The standard InChI is InChI=1S/C14H23N3O3/c1-14(2,3)20-13(18)17-8-10(9-19-4)7-11(17)12-15-5-6-16-12/h5-6,10-11H,7-9H2,1-4H3,(H,15,16)/t10-,11-/m0/s1. The van der Waals surface area contributed by atoms with Crippen molar-refractivity contribution in [1.29, 1.82) is 0 Å². The van der Waals surface area contributed by atoms with Gasteiger partial charge in [0.2, 0.25) is 0 Å².